The van der Waals surface area contributed by atoms with Crippen LogP contribution in [0.2, 0.25) is 0 Å². The van der Waals surface area contributed by atoms with E-state index in [9.17, 15) is 18.0 Å². The molecule has 0 spiro atoms. The molecule has 8 nitrogen and oxygen atoms in total. The number of carbonyl (C=O) groups is 1. The molecule has 0 unspecified atom stereocenters. The molecule has 4 aromatic rings. The smallest absolute Gasteiger partial charge is 0.372 e. The molecule has 4 N–H and O–H groups in total. The van der Waals surface area contributed by atoms with Crippen LogP contribution in [0.15, 0.2) is 67.0 Å². The number of nitrogens with one attached hydrogen (secondary N) is 4. The number of hydrogen-bond donors (Lipinski definition) is 4. The molecule has 0 saturated heterocycles. The van der Waals surface area contributed by atoms with E-state index in [0.29, 0.717) is 40.0 Å². The van der Waals surface area contributed by atoms with Gasteiger partial charge in [0, 0.05) is 48.2 Å². The van der Waals surface area contributed by atoms with Gasteiger partial charge in [0.05, 0.1) is 11.1 Å². The van der Waals surface area contributed by atoms with Gasteiger partial charge >= 0.3 is 6.18 Å². The topological polar surface area (TPSA) is 116 Å². The molecule has 4 rings (SSSR count). The zero-order valence-corrected chi connectivity index (χ0v) is 19.8. The fourth-order valence-electron chi connectivity index (χ4n) is 3.52. The third-order valence-corrected chi connectivity index (χ3v) is 5.45. The number of benzene rings is 2. The first-order chi connectivity index (χ1) is 17.7. The number of anilines is 4. The zero-order valence-electron chi connectivity index (χ0n) is 19.8. The number of nitrogens with zero attached hydrogens (tertiary/aromatic N) is 3. The van der Waals surface area contributed by atoms with Crippen molar-refractivity contribution in [2.75, 3.05) is 23.0 Å². The van der Waals surface area contributed by atoms with Crippen LogP contribution in [-0.4, -0.2) is 34.1 Å². The fourth-order valence-corrected chi connectivity index (χ4v) is 3.52. The largest absolute Gasteiger partial charge is 0.416 e. The first-order valence-electron chi connectivity index (χ1n) is 11.1. The Morgan fingerprint density at radius 3 is 2.49 bits per heavy atom. The van der Waals surface area contributed by atoms with E-state index in [1.165, 1.54) is 12.1 Å². The molecule has 0 bridgehead atoms. The lowest BCUT2D eigenvalue weighted by Gasteiger charge is -2.16. The molecule has 1 amide bonds. The number of rotatable bonds is 7. The molecule has 37 heavy (non-hydrogen) atoms. The molecule has 188 valence electrons. The molecule has 0 saturated carbocycles. The van der Waals surface area contributed by atoms with Gasteiger partial charge < -0.3 is 21.4 Å². The van der Waals surface area contributed by atoms with Crippen molar-refractivity contribution in [2.45, 2.75) is 13.1 Å². The minimum Gasteiger partial charge on any atom is -0.372 e. The summed E-state index contributed by atoms with van der Waals surface area (Å²) in [6.07, 6.45) is -0.175. The predicted octanol–water partition coefficient (Wildman–Crippen LogP) is 5.90. The second kappa shape index (κ2) is 10.4. The van der Waals surface area contributed by atoms with Gasteiger partial charge in [-0.1, -0.05) is 12.1 Å². The second-order valence-electron chi connectivity index (χ2n) is 7.98. The van der Waals surface area contributed by atoms with Crippen molar-refractivity contribution in [3.8, 4) is 11.4 Å². The lowest BCUT2D eigenvalue weighted by atomic mass is 10.1. The van der Waals surface area contributed by atoms with Crippen LogP contribution in [0.1, 0.15) is 27.0 Å². The SMILES string of the molecule is CNc1nc(-c2cccnc2)nc(Nc2cc(NC(=O)c3cccc(C(F)(F)F)c3)ccc2C)c1C=N. The monoisotopic (exact) mass is 505 g/mol. The van der Waals surface area contributed by atoms with Gasteiger partial charge in [0.2, 0.25) is 0 Å². The Bertz CT molecular complexity index is 1460. The molecular formula is C26H22F3N7O. The van der Waals surface area contributed by atoms with Gasteiger partial charge in [0.25, 0.3) is 5.91 Å². The highest BCUT2D eigenvalue weighted by molar-refractivity contribution is 6.04. The van der Waals surface area contributed by atoms with Crippen molar-refractivity contribution in [3.63, 3.8) is 0 Å². The number of amides is 1. The van der Waals surface area contributed by atoms with Gasteiger partial charge in [0.15, 0.2) is 5.82 Å². The van der Waals surface area contributed by atoms with Crippen molar-refractivity contribution >= 4 is 35.1 Å². The molecule has 0 radical (unpaired) electrons. The third kappa shape index (κ3) is 5.72. The third-order valence-electron chi connectivity index (χ3n) is 5.45. The van der Waals surface area contributed by atoms with E-state index in [-0.39, 0.29) is 5.56 Å². The van der Waals surface area contributed by atoms with Crippen LogP contribution in [0, 0.1) is 12.3 Å². The lowest BCUT2D eigenvalue weighted by Crippen LogP contribution is -2.14. The minimum absolute atomic E-state index is 0.119. The molecule has 2 aromatic carbocycles. The predicted molar refractivity (Wildman–Crippen MR) is 137 cm³/mol. The van der Waals surface area contributed by atoms with Crippen molar-refractivity contribution in [2.24, 2.45) is 0 Å². The summed E-state index contributed by atoms with van der Waals surface area (Å²) in [6.45, 7) is 1.84. The van der Waals surface area contributed by atoms with Crippen molar-refractivity contribution in [3.05, 3.63) is 89.2 Å². The quantitative estimate of drug-likeness (QED) is 0.233. The van der Waals surface area contributed by atoms with Gasteiger partial charge in [0.1, 0.15) is 11.6 Å². The number of aryl methyl sites for hydroxylation is 1. The standard InChI is InChI=1S/C26H22F3N7O/c1-15-8-9-19(33-25(37)16-5-3-7-18(11-16)26(27,28)29)12-21(15)34-24-20(13-30)23(31-2)35-22(36-24)17-6-4-10-32-14-17/h3-14,30H,1-2H3,(H,33,37)(H2,31,34,35,36). The summed E-state index contributed by atoms with van der Waals surface area (Å²) in [4.78, 5) is 25.8. The molecule has 0 aliphatic carbocycles. The van der Waals surface area contributed by atoms with Gasteiger partial charge in [-0.25, -0.2) is 9.97 Å². The van der Waals surface area contributed by atoms with Crippen LogP contribution in [0.3, 0.4) is 0 Å². The van der Waals surface area contributed by atoms with E-state index in [1.54, 1.807) is 43.7 Å². The van der Waals surface area contributed by atoms with Gasteiger partial charge in [-0.3, -0.25) is 9.78 Å². The first kappa shape index (κ1) is 25.3. The maximum absolute atomic E-state index is 13.0. The van der Waals surface area contributed by atoms with E-state index in [2.05, 4.69) is 30.9 Å². The number of aromatic nitrogens is 3. The molecule has 0 fully saturated rings. The molecule has 0 aliphatic rings. The van der Waals surface area contributed by atoms with Gasteiger partial charge in [-0.15, -0.1) is 0 Å². The molecule has 0 atom stereocenters. The average Bonchev–Trinajstić information content (AvgIpc) is 2.90. The second-order valence-corrected chi connectivity index (χ2v) is 7.98. The zero-order chi connectivity index (χ0) is 26.6. The van der Waals surface area contributed by atoms with E-state index in [1.807, 2.05) is 13.0 Å². The Balaban J connectivity index is 1.65. The van der Waals surface area contributed by atoms with Crippen LogP contribution in [-0.2, 0) is 6.18 Å². The maximum atomic E-state index is 13.0. The Morgan fingerprint density at radius 2 is 1.81 bits per heavy atom. The summed E-state index contributed by atoms with van der Waals surface area (Å²) >= 11 is 0. The molecular weight excluding hydrogens is 483 g/mol. The van der Waals surface area contributed by atoms with Crippen LogP contribution in [0.25, 0.3) is 11.4 Å². The molecule has 2 heterocycles. The van der Waals surface area contributed by atoms with Crippen LogP contribution >= 0.6 is 0 Å². The lowest BCUT2D eigenvalue weighted by molar-refractivity contribution is -0.137. The van der Waals surface area contributed by atoms with Crippen molar-refractivity contribution in [1.29, 1.82) is 5.41 Å². The number of hydrogen-bond acceptors (Lipinski definition) is 7. The molecule has 11 heteroatoms. The summed E-state index contributed by atoms with van der Waals surface area (Å²) in [7, 11) is 1.68. The maximum Gasteiger partial charge on any atom is 0.416 e. The number of carbonyl (C=O) groups excluding carboxylic acids is 1. The summed E-state index contributed by atoms with van der Waals surface area (Å²) in [6, 6.07) is 12.8. The highest BCUT2D eigenvalue weighted by Gasteiger charge is 2.31. The molecule has 2 aromatic heterocycles. The first-order valence-corrected chi connectivity index (χ1v) is 11.1. The summed E-state index contributed by atoms with van der Waals surface area (Å²) in [5.74, 6) is 0.479. The Kier molecular flexibility index (Phi) is 7.14. The van der Waals surface area contributed by atoms with Crippen molar-refractivity contribution < 1.29 is 18.0 Å². The van der Waals surface area contributed by atoms with E-state index < -0.39 is 17.6 Å². The van der Waals surface area contributed by atoms with E-state index >= 15 is 0 Å². The van der Waals surface area contributed by atoms with Crippen LogP contribution in [0.4, 0.5) is 36.2 Å². The van der Waals surface area contributed by atoms with Crippen LogP contribution < -0.4 is 16.0 Å². The van der Waals surface area contributed by atoms with Gasteiger partial charge in [-0.05, 0) is 55.0 Å². The summed E-state index contributed by atoms with van der Waals surface area (Å²) in [5.41, 5.74) is 1.81. The van der Waals surface area contributed by atoms with Gasteiger partial charge in [-0.2, -0.15) is 13.2 Å². The van der Waals surface area contributed by atoms with Crippen LogP contribution in [0.5, 0.6) is 0 Å². The minimum atomic E-state index is -4.55. The van der Waals surface area contributed by atoms with Crippen molar-refractivity contribution in [1.82, 2.24) is 15.0 Å². The Hall–Kier alpha value is -4.80. The molecule has 0 aliphatic heterocycles. The number of halogens is 3. The fraction of sp³-hybridized carbons (Fsp3) is 0.115. The highest BCUT2D eigenvalue weighted by atomic mass is 19.4. The summed E-state index contributed by atoms with van der Waals surface area (Å²) < 4.78 is 39.1. The van der Waals surface area contributed by atoms with E-state index in [0.717, 1.165) is 23.9 Å². The summed E-state index contributed by atoms with van der Waals surface area (Å²) in [5, 5.41) is 16.7. The highest BCUT2D eigenvalue weighted by Crippen LogP contribution is 2.31. The van der Waals surface area contributed by atoms with E-state index in [4.69, 9.17) is 5.41 Å². The normalized spacial score (nSPS) is 11.1. The Labute approximate surface area is 210 Å². The Morgan fingerprint density at radius 1 is 1.03 bits per heavy atom. The number of alkyl halides is 3. The number of pyridine rings is 1. The average molecular weight is 506 g/mol.